The zero-order valence-electron chi connectivity index (χ0n) is 9.76. The maximum atomic E-state index is 9.59. The summed E-state index contributed by atoms with van der Waals surface area (Å²) < 4.78 is 5.27. The van der Waals surface area contributed by atoms with Crippen molar-refractivity contribution in [2.45, 2.75) is 6.04 Å². The van der Waals surface area contributed by atoms with E-state index in [9.17, 15) is 5.11 Å². The fourth-order valence-electron chi connectivity index (χ4n) is 2.44. The van der Waals surface area contributed by atoms with Crippen LogP contribution in [0.15, 0.2) is 24.5 Å². The number of aliphatic hydroxyl groups excluding tert-OH is 1. The molecule has 0 saturated carbocycles. The van der Waals surface area contributed by atoms with Crippen LogP contribution in [0.5, 0.6) is 0 Å². The lowest BCUT2D eigenvalue weighted by atomic mass is 9.75. The van der Waals surface area contributed by atoms with E-state index >= 15 is 0 Å². The summed E-state index contributed by atoms with van der Waals surface area (Å²) in [6, 6.07) is 4.13. The van der Waals surface area contributed by atoms with Gasteiger partial charge in [0.05, 0.1) is 25.2 Å². The third-order valence-electron chi connectivity index (χ3n) is 3.19. The first kappa shape index (κ1) is 11.5. The van der Waals surface area contributed by atoms with Crippen LogP contribution in [0.1, 0.15) is 11.6 Å². The Kier molecular flexibility index (Phi) is 3.23. The Labute approximate surface area is 95.9 Å². The van der Waals surface area contributed by atoms with E-state index in [0.717, 1.165) is 5.56 Å². The third-order valence-corrected chi connectivity index (χ3v) is 3.19. The first-order chi connectivity index (χ1) is 7.69. The van der Waals surface area contributed by atoms with E-state index in [2.05, 4.69) is 9.88 Å². The summed E-state index contributed by atoms with van der Waals surface area (Å²) in [6.45, 7) is 1.37. The highest BCUT2D eigenvalue weighted by atomic mass is 16.5. The van der Waals surface area contributed by atoms with Gasteiger partial charge in [0.2, 0.25) is 0 Å². The largest absolute Gasteiger partial charge is 0.396 e. The second-order valence-corrected chi connectivity index (χ2v) is 4.67. The first-order valence-electron chi connectivity index (χ1n) is 5.44. The van der Waals surface area contributed by atoms with Crippen molar-refractivity contribution >= 4 is 0 Å². The van der Waals surface area contributed by atoms with Gasteiger partial charge in [-0.15, -0.1) is 0 Å². The monoisotopic (exact) mass is 222 g/mol. The van der Waals surface area contributed by atoms with Gasteiger partial charge in [0, 0.05) is 18.4 Å². The lowest BCUT2D eigenvalue weighted by molar-refractivity contribution is -0.172. The summed E-state index contributed by atoms with van der Waals surface area (Å²) >= 11 is 0. The SMILES string of the molecule is CN(C)C(c1cccnc1)C1(CO)COC1. The minimum Gasteiger partial charge on any atom is -0.396 e. The van der Waals surface area contributed by atoms with Gasteiger partial charge >= 0.3 is 0 Å². The standard InChI is InChI=1S/C12H18N2O2/c1-14(2)11(10-4-3-5-13-6-10)12(7-15)8-16-9-12/h3-6,11,15H,7-9H2,1-2H3. The van der Waals surface area contributed by atoms with Crippen LogP contribution in [0, 0.1) is 5.41 Å². The van der Waals surface area contributed by atoms with E-state index in [4.69, 9.17) is 4.74 Å². The average Bonchev–Trinajstić information content (AvgIpc) is 2.24. The predicted molar refractivity (Wildman–Crippen MR) is 61.0 cm³/mol. The van der Waals surface area contributed by atoms with Crippen molar-refractivity contribution in [2.75, 3.05) is 33.9 Å². The van der Waals surface area contributed by atoms with Crippen molar-refractivity contribution in [3.05, 3.63) is 30.1 Å². The van der Waals surface area contributed by atoms with Gasteiger partial charge in [-0.3, -0.25) is 4.98 Å². The smallest absolute Gasteiger partial charge is 0.0598 e. The Hall–Kier alpha value is -0.970. The quantitative estimate of drug-likeness (QED) is 0.814. The molecule has 0 amide bonds. The fourth-order valence-corrected chi connectivity index (χ4v) is 2.44. The van der Waals surface area contributed by atoms with Crippen molar-refractivity contribution in [3.8, 4) is 0 Å². The van der Waals surface area contributed by atoms with Gasteiger partial charge in [-0.25, -0.2) is 0 Å². The number of aliphatic hydroxyl groups is 1. The molecule has 4 heteroatoms. The second-order valence-electron chi connectivity index (χ2n) is 4.67. The van der Waals surface area contributed by atoms with E-state index in [-0.39, 0.29) is 18.1 Å². The number of hydrogen-bond donors (Lipinski definition) is 1. The van der Waals surface area contributed by atoms with Crippen molar-refractivity contribution < 1.29 is 9.84 Å². The van der Waals surface area contributed by atoms with Crippen LogP contribution >= 0.6 is 0 Å². The van der Waals surface area contributed by atoms with Crippen molar-refractivity contribution in [1.82, 2.24) is 9.88 Å². The Morgan fingerprint density at radius 1 is 1.56 bits per heavy atom. The summed E-state index contributed by atoms with van der Waals surface area (Å²) in [6.07, 6.45) is 3.62. The van der Waals surface area contributed by atoms with Gasteiger partial charge in [0.25, 0.3) is 0 Å². The summed E-state index contributed by atoms with van der Waals surface area (Å²) in [4.78, 5) is 6.27. The number of pyridine rings is 1. The Balaban J connectivity index is 2.31. The van der Waals surface area contributed by atoms with Crippen molar-refractivity contribution in [1.29, 1.82) is 0 Å². The maximum Gasteiger partial charge on any atom is 0.0598 e. The second kappa shape index (κ2) is 4.49. The number of aromatic nitrogens is 1. The van der Waals surface area contributed by atoms with E-state index < -0.39 is 0 Å². The lowest BCUT2D eigenvalue weighted by Crippen LogP contribution is -2.53. The highest BCUT2D eigenvalue weighted by Crippen LogP contribution is 2.42. The molecule has 4 nitrogen and oxygen atoms in total. The van der Waals surface area contributed by atoms with Gasteiger partial charge in [-0.1, -0.05) is 6.07 Å². The average molecular weight is 222 g/mol. The number of hydrogen-bond acceptors (Lipinski definition) is 4. The highest BCUT2D eigenvalue weighted by molar-refractivity contribution is 5.19. The zero-order chi connectivity index (χ0) is 11.6. The van der Waals surface area contributed by atoms with Crippen LogP contribution in [-0.4, -0.2) is 48.9 Å². The fraction of sp³-hybridized carbons (Fsp3) is 0.583. The van der Waals surface area contributed by atoms with Crippen LogP contribution in [0.4, 0.5) is 0 Å². The molecule has 0 aromatic carbocycles. The molecule has 1 atom stereocenters. The molecule has 1 unspecified atom stereocenters. The lowest BCUT2D eigenvalue weighted by Gasteiger charge is -2.48. The van der Waals surface area contributed by atoms with Gasteiger partial charge in [-0.2, -0.15) is 0 Å². The first-order valence-corrected chi connectivity index (χ1v) is 5.44. The molecule has 0 aliphatic carbocycles. The molecule has 2 heterocycles. The van der Waals surface area contributed by atoms with E-state index in [1.54, 1.807) is 6.20 Å². The molecule has 1 aromatic rings. The molecule has 1 aromatic heterocycles. The molecule has 1 N–H and O–H groups in total. The van der Waals surface area contributed by atoms with E-state index in [0.29, 0.717) is 13.2 Å². The van der Waals surface area contributed by atoms with Crippen LogP contribution in [0.2, 0.25) is 0 Å². The Bertz CT molecular complexity index is 331. The van der Waals surface area contributed by atoms with E-state index in [1.165, 1.54) is 0 Å². The van der Waals surface area contributed by atoms with Crippen LogP contribution in [-0.2, 0) is 4.74 Å². The molecule has 0 radical (unpaired) electrons. The van der Waals surface area contributed by atoms with Gasteiger partial charge in [0.15, 0.2) is 0 Å². The van der Waals surface area contributed by atoms with Gasteiger partial charge in [-0.05, 0) is 25.7 Å². The minimum atomic E-state index is -0.174. The molecule has 16 heavy (non-hydrogen) atoms. The van der Waals surface area contributed by atoms with Crippen LogP contribution in [0.3, 0.4) is 0 Å². The van der Waals surface area contributed by atoms with Gasteiger partial charge in [0.1, 0.15) is 0 Å². The molecule has 1 aliphatic rings. The highest BCUT2D eigenvalue weighted by Gasteiger charge is 2.47. The third kappa shape index (κ3) is 1.84. The van der Waals surface area contributed by atoms with E-state index in [1.807, 2.05) is 32.4 Å². The summed E-state index contributed by atoms with van der Waals surface area (Å²) in [5, 5.41) is 9.59. The van der Waals surface area contributed by atoms with Crippen LogP contribution < -0.4 is 0 Å². The molecule has 1 fully saturated rings. The Morgan fingerprint density at radius 2 is 2.31 bits per heavy atom. The molecular formula is C12H18N2O2. The summed E-state index contributed by atoms with van der Waals surface area (Å²) in [5.41, 5.74) is 0.955. The molecule has 2 rings (SSSR count). The number of rotatable bonds is 4. The zero-order valence-corrected chi connectivity index (χ0v) is 9.76. The topological polar surface area (TPSA) is 45.6 Å². The van der Waals surface area contributed by atoms with Gasteiger partial charge < -0.3 is 14.7 Å². The molecule has 1 aliphatic heterocycles. The van der Waals surface area contributed by atoms with Crippen LogP contribution in [0.25, 0.3) is 0 Å². The maximum absolute atomic E-state index is 9.59. The Morgan fingerprint density at radius 3 is 2.69 bits per heavy atom. The predicted octanol–water partition coefficient (Wildman–Crippen LogP) is 0.693. The van der Waals surface area contributed by atoms with Crippen molar-refractivity contribution in [2.24, 2.45) is 5.41 Å². The number of ether oxygens (including phenoxy) is 1. The normalized spacial score (nSPS) is 20.5. The minimum absolute atomic E-state index is 0.144. The molecule has 88 valence electrons. The summed E-state index contributed by atoms with van der Waals surface area (Å²) in [5.74, 6) is 0. The molecule has 0 spiro atoms. The molecular weight excluding hydrogens is 204 g/mol. The summed E-state index contributed by atoms with van der Waals surface area (Å²) in [7, 11) is 4.04. The van der Waals surface area contributed by atoms with Crippen molar-refractivity contribution in [3.63, 3.8) is 0 Å². The molecule has 0 bridgehead atoms. The molecule has 1 saturated heterocycles. The number of nitrogens with zero attached hydrogens (tertiary/aromatic N) is 2.